The number of ether oxygens (including phenoxy) is 1. The van der Waals surface area contributed by atoms with Gasteiger partial charge in [0.15, 0.2) is 6.61 Å². The molecule has 0 unspecified atom stereocenters. The highest BCUT2D eigenvalue weighted by atomic mass is 16.5. The van der Waals surface area contributed by atoms with Gasteiger partial charge >= 0.3 is 0 Å². The summed E-state index contributed by atoms with van der Waals surface area (Å²) in [7, 11) is 0. The Balaban J connectivity index is 1.81. The Hall–Kier alpha value is -2.04. The average Bonchev–Trinajstić information content (AvgIpc) is 2.80. The third-order valence-electron chi connectivity index (χ3n) is 4.05. The molecule has 2 amide bonds. The van der Waals surface area contributed by atoms with E-state index in [1.54, 1.807) is 4.90 Å². The van der Waals surface area contributed by atoms with E-state index in [2.05, 4.69) is 0 Å². The lowest BCUT2D eigenvalue weighted by Crippen LogP contribution is -2.39. The number of aryl methyl sites for hydroxylation is 1. The van der Waals surface area contributed by atoms with E-state index in [0.29, 0.717) is 31.8 Å². The first-order valence-electron chi connectivity index (χ1n) is 8.35. The van der Waals surface area contributed by atoms with Crippen molar-refractivity contribution in [1.29, 1.82) is 0 Å². The maximum Gasteiger partial charge on any atom is 0.260 e. The Morgan fingerprint density at radius 3 is 2.22 bits per heavy atom. The Kier molecular flexibility index (Phi) is 6.44. The Morgan fingerprint density at radius 1 is 1.00 bits per heavy atom. The van der Waals surface area contributed by atoms with Crippen LogP contribution in [0.1, 0.15) is 31.7 Å². The molecule has 1 fully saturated rings. The normalized spacial score (nSPS) is 15.2. The summed E-state index contributed by atoms with van der Waals surface area (Å²) in [5, 5.41) is 0. The van der Waals surface area contributed by atoms with Crippen molar-refractivity contribution in [1.82, 2.24) is 9.80 Å². The predicted molar refractivity (Wildman–Crippen MR) is 89.4 cm³/mol. The number of hydrogen-bond donors (Lipinski definition) is 0. The highest BCUT2D eigenvalue weighted by Crippen LogP contribution is 2.12. The fourth-order valence-electron chi connectivity index (χ4n) is 2.66. The van der Waals surface area contributed by atoms with Gasteiger partial charge in [-0.05, 0) is 31.9 Å². The second kappa shape index (κ2) is 8.56. The van der Waals surface area contributed by atoms with E-state index in [9.17, 15) is 9.59 Å². The molecular formula is C18H26N2O3. The number of nitrogens with zero attached hydrogens (tertiary/aromatic N) is 2. The van der Waals surface area contributed by atoms with E-state index < -0.39 is 0 Å². The molecule has 5 nitrogen and oxygen atoms in total. The van der Waals surface area contributed by atoms with Crippen LogP contribution in [0.2, 0.25) is 0 Å². The molecule has 0 aromatic heterocycles. The molecule has 1 aliphatic rings. The standard InChI is InChI=1S/C18H26N2O3/c1-3-5-17(21)19-10-4-11-20(13-12-19)18(22)14-23-16-8-6-15(2)7-9-16/h6-9H,3-5,10-14H2,1-2H3. The first-order chi connectivity index (χ1) is 11.1. The molecule has 0 radical (unpaired) electrons. The van der Waals surface area contributed by atoms with Crippen LogP contribution in [0.4, 0.5) is 0 Å². The lowest BCUT2D eigenvalue weighted by Gasteiger charge is -2.22. The van der Waals surface area contributed by atoms with E-state index in [-0.39, 0.29) is 18.4 Å². The van der Waals surface area contributed by atoms with Crippen LogP contribution in [0, 0.1) is 6.92 Å². The van der Waals surface area contributed by atoms with Crippen molar-refractivity contribution in [2.75, 3.05) is 32.8 Å². The minimum Gasteiger partial charge on any atom is -0.484 e. The fourth-order valence-corrected chi connectivity index (χ4v) is 2.66. The molecule has 0 N–H and O–H groups in total. The van der Waals surface area contributed by atoms with Crippen molar-refractivity contribution in [2.24, 2.45) is 0 Å². The zero-order valence-electron chi connectivity index (χ0n) is 14.1. The van der Waals surface area contributed by atoms with Gasteiger partial charge in [-0.3, -0.25) is 9.59 Å². The lowest BCUT2D eigenvalue weighted by atomic mass is 10.2. The SMILES string of the molecule is CCCC(=O)N1CCCN(C(=O)COc2ccc(C)cc2)CC1. The van der Waals surface area contributed by atoms with Gasteiger partial charge in [0.2, 0.25) is 5.91 Å². The molecular weight excluding hydrogens is 292 g/mol. The minimum absolute atomic E-state index is 0.0182. The third-order valence-corrected chi connectivity index (χ3v) is 4.05. The topological polar surface area (TPSA) is 49.9 Å². The van der Waals surface area contributed by atoms with Crippen LogP contribution in [0.3, 0.4) is 0 Å². The van der Waals surface area contributed by atoms with Crippen molar-refractivity contribution in [3.05, 3.63) is 29.8 Å². The van der Waals surface area contributed by atoms with Crippen LogP contribution >= 0.6 is 0 Å². The fraction of sp³-hybridized carbons (Fsp3) is 0.556. The molecule has 1 aromatic carbocycles. The summed E-state index contributed by atoms with van der Waals surface area (Å²) in [5.41, 5.74) is 1.16. The van der Waals surface area contributed by atoms with Crippen LogP contribution in [0.15, 0.2) is 24.3 Å². The third kappa shape index (κ3) is 5.27. The van der Waals surface area contributed by atoms with Gasteiger partial charge < -0.3 is 14.5 Å². The number of hydrogen-bond acceptors (Lipinski definition) is 3. The van der Waals surface area contributed by atoms with Gasteiger partial charge in [-0.15, -0.1) is 0 Å². The Morgan fingerprint density at radius 2 is 1.61 bits per heavy atom. The molecule has 1 aliphatic heterocycles. The second-order valence-corrected chi connectivity index (χ2v) is 5.97. The molecule has 2 rings (SSSR count). The van der Waals surface area contributed by atoms with E-state index in [1.807, 2.05) is 43.0 Å². The summed E-state index contributed by atoms with van der Waals surface area (Å²) in [6.45, 7) is 6.70. The van der Waals surface area contributed by atoms with Crippen LogP contribution in [0.5, 0.6) is 5.75 Å². The monoisotopic (exact) mass is 318 g/mol. The van der Waals surface area contributed by atoms with Gasteiger partial charge in [-0.1, -0.05) is 24.6 Å². The quantitative estimate of drug-likeness (QED) is 0.836. The van der Waals surface area contributed by atoms with Crippen LogP contribution in [-0.2, 0) is 9.59 Å². The van der Waals surface area contributed by atoms with E-state index in [0.717, 1.165) is 24.9 Å². The lowest BCUT2D eigenvalue weighted by molar-refractivity contribution is -0.134. The summed E-state index contributed by atoms with van der Waals surface area (Å²) >= 11 is 0. The molecule has 23 heavy (non-hydrogen) atoms. The van der Waals surface area contributed by atoms with Gasteiger partial charge in [-0.2, -0.15) is 0 Å². The van der Waals surface area contributed by atoms with Crippen LogP contribution in [-0.4, -0.2) is 54.4 Å². The van der Waals surface area contributed by atoms with Crippen molar-refractivity contribution in [2.45, 2.75) is 33.1 Å². The summed E-state index contributed by atoms with van der Waals surface area (Å²) in [6, 6.07) is 7.66. The van der Waals surface area contributed by atoms with Crippen LogP contribution in [0.25, 0.3) is 0 Å². The molecule has 0 aliphatic carbocycles. The molecule has 5 heteroatoms. The highest BCUT2D eigenvalue weighted by molar-refractivity contribution is 5.78. The highest BCUT2D eigenvalue weighted by Gasteiger charge is 2.21. The van der Waals surface area contributed by atoms with Crippen molar-refractivity contribution < 1.29 is 14.3 Å². The maximum atomic E-state index is 12.3. The summed E-state index contributed by atoms with van der Waals surface area (Å²) in [6.07, 6.45) is 2.28. The molecule has 1 heterocycles. The number of benzene rings is 1. The molecule has 0 saturated carbocycles. The van der Waals surface area contributed by atoms with Crippen molar-refractivity contribution in [3.8, 4) is 5.75 Å². The Bertz CT molecular complexity index is 528. The first-order valence-corrected chi connectivity index (χ1v) is 8.35. The summed E-state index contributed by atoms with van der Waals surface area (Å²) in [4.78, 5) is 27.9. The van der Waals surface area contributed by atoms with Crippen molar-refractivity contribution >= 4 is 11.8 Å². The number of carbonyl (C=O) groups is 2. The van der Waals surface area contributed by atoms with Gasteiger partial charge in [-0.25, -0.2) is 0 Å². The molecule has 1 aromatic rings. The molecule has 126 valence electrons. The largest absolute Gasteiger partial charge is 0.484 e. The van der Waals surface area contributed by atoms with Gasteiger partial charge in [0.1, 0.15) is 5.75 Å². The average molecular weight is 318 g/mol. The minimum atomic E-state index is -0.0182. The van der Waals surface area contributed by atoms with E-state index in [1.165, 1.54) is 0 Å². The van der Waals surface area contributed by atoms with E-state index >= 15 is 0 Å². The summed E-state index contributed by atoms with van der Waals surface area (Å²) in [5.74, 6) is 0.881. The van der Waals surface area contributed by atoms with E-state index in [4.69, 9.17) is 4.74 Å². The first kappa shape index (κ1) is 17.3. The van der Waals surface area contributed by atoms with Crippen molar-refractivity contribution in [3.63, 3.8) is 0 Å². The smallest absolute Gasteiger partial charge is 0.260 e. The molecule has 0 bridgehead atoms. The summed E-state index contributed by atoms with van der Waals surface area (Å²) < 4.78 is 5.56. The van der Waals surface area contributed by atoms with Gasteiger partial charge in [0.05, 0.1) is 0 Å². The zero-order chi connectivity index (χ0) is 16.7. The predicted octanol–water partition coefficient (Wildman–Crippen LogP) is 2.23. The zero-order valence-corrected chi connectivity index (χ0v) is 14.1. The van der Waals surface area contributed by atoms with Crippen LogP contribution < -0.4 is 4.74 Å². The number of rotatable bonds is 5. The molecule has 1 saturated heterocycles. The van der Waals surface area contributed by atoms with Gasteiger partial charge in [0.25, 0.3) is 5.91 Å². The second-order valence-electron chi connectivity index (χ2n) is 5.97. The number of carbonyl (C=O) groups excluding carboxylic acids is 2. The molecule has 0 atom stereocenters. The maximum absolute atomic E-state index is 12.3. The van der Waals surface area contributed by atoms with Gasteiger partial charge in [0, 0.05) is 32.6 Å². The number of amides is 2. The Labute approximate surface area is 138 Å². The molecule has 0 spiro atoms.